The zero-order valence-corrected chi connectivity index (χ0v) is 10.5. The number of piperidine rings is 1. The maximum Gasteiger partial charge on any atom is 0.0166 e. The molecule has 0 aliphatic carbocycles. The number of halogens is 1. The smallest absolute Gasteiger partial charge is 0.0166 e. The zero-order valence-electron chi connectivity index (χ0n) is 9.64. The lowest BCUT2D eigenvalue weighted by atomic mass is 10.1. The number of benzene rings is 1. The average Bonchev–Trinajstić information content (AvgIpc) is 2.32. The molecule has 0 radical (unpaired) electrons. The van der Waals surface area contributed by atoms with Gasteiger partial charge < -0.3 is 0 Å². The summed E-state index contributed by atoms with van der Waals surface area (Å²) in [6, 6.07) is 10.5. The zero-order chi connectivity index (χ0) is 10.3. The fourth-order valence-corrected chi connectivity index (χ4v) is 2.04. The molecule has 0 amide bonds. The maximum atomic E-state index is 2.53. The Morgan fingerprint density at radius 2 is 1.69 bits per heavy atom. The Labute approximate surface area is 105 Å². The van der Waals surface area contributed by atoms with E-state index >= 15 is 0 Å². The number of rotatable bonds is 3. The molecule has 1 nitrogen and oxygen atoms in total. The second kappa shape index (κ2) is 7.48. The van der Waals surface area contributed by atoms with Gasteiger partial charge in [-0.15, -0.1) is 12.4 Å². The van der Waals surface area contributed by atoms with E-state index in [0.29, 0.717) is 0 Å². The summed E-state index contributed by atoms with van der Waals surface area (Å²) in [4.78, 5) is 2.53. The quantitative estimate of drug-likeness (QED) is 0.777. The Bertz CT molecular complexity index is 302. The molecule has 0 unspecified atom stereocenters. The van der Waals surface area contributed by atoms with Gasteiger partial charge >= 0.3 is 0 Å². The van der Waals surface area contributed by atoms with Crippen LogP contribution in [0.3, 0.4) is 0 Å². The van der Waals surface area contributed by atoms with Crippen LogP contribution in [-0.2, 0) is 0 Å². The molecule has 2 heteroatoms. The third-order valence-electron chi connectivity index (χ3n) is 2.92. The monoisotopic (exact) mass is 237 g/mol. The van der Waals surface area contributed by atoms with Gasteiger partial charge in [0.2, 0.25) is 0 Å². The molecule has 0 spiro atoms. The third-order valence-corrected chi connectivity index (χ3v) is 2.92. The Morgan fingerprint density at radius 1 is 1.00 bits per heavy atom. The molecule has 16 heavy (non-hydrogen) atoms. The molecule has 1 fully saturated rings. The summed E-state index contributed by atoms with van der Waals surface area (Å²) in [7, 11) is 0. The predicted molar refractivity (Wildman–Crippen MR) is 73.0 cm³/mol. The first kappa shape index (κ1) is 13.3. The van der Waals surface area contributed by atoms with Crippen molar-refractivity contribution in [3.05, 3.63) is 42.0 Å². The number of likely N-dealkylation sites (tertiary alicyclic amines) is 1. The minimum Gasteiger partial charge on any atom is -0.300 e. The van der Waals surface area contributed by atoms with Crippen LogP contribution in [0.15, 0.2) is 36.4 Å². The Hall–Kier alpha value is -0.790. The van der Waals surface area contributed by atoms with Crippen molar-refractivity contribution in [3.8, 4) is 0 Å². The molecule has 1 aromatic carbocycles. The van der Waals surface area contributed by atoms with Crippen LogP contribution in [0.2, 0.25) is 0 Å². The summed E-state index contributed by atoms with van der Waals surface area (Å²) < 4.78 is 0. The van der Waals surface area contributed by atoms with E-state index in [1.165, 1.54) is 37.9 Å². The van der Waals surface area contributed by atoms with Gasteiger partial charge in [0, 0.05) is 6.54 Å². The lowest BCUT2D eigenvalue weighted by Crippen LogP contribution is -2.29. The van der Waals surface area contributed by atoms with Gasteiger partial charge in [0.05, 0.1) is 0 Å². The van der Waals surface area contributed by atoms with Crippen LogP contribution < -0.4 is 0 Å². The van der Waals surface area contributed by atoms with Crippen LogP contribution in [0, 0.1) is 0 Å². The van der Waals surface area contributed by atoms with E-state index in [2.05, 4.69) is 47.4 Å². The first-order chi connectivity index (χ1) is 7.45. The molecule has 0 saturated carbocycles. The van der Waals surface area contributed by atoms with Crippen LogP contribution in [0.25, 0.3) is 6.08 Å². The van der Waals surface area contributed by atoms with Crippen molar-refractivity contribution < 1.29 is 0 Å². The molecule has 88 valence electrons. The molecule has 1 aliphatic rings. The second-order valence-corrected chi connectivity index (χ2v) is 4.17. The van der Waals surface area contributed by atoms with E-state index in [-0.39, 0.29) is 12.4 Å². The third kappa shape index (κ3) is 4.38. The van der Waals surface area contributed by atoms with Crippen LogP contribution in [-0.4, -0.2) is 24.5 Å². The van der Waals surface area contributed by atoms with Crippen LogP contribution in [0.5, 0.6) is 0 Å². The standard InChI is InChI=1S/C14H19N.ClH/c1-3-8-14(9-4-1)10-7-13-15-11-5-2-6-12-15;/h1,3-4,7-10H,2,5-6,11-13H2;1H/b10-7-;. The first-order valence-corrected chi connectivity index (χ1v) is 5.89. The predicted octanol–water partition coefficient (Wildman–Crippen LogP) is 3.61. The molecule has 2 rings (SSSR count). The van der Waals surface area contributed by atoms with Crippen LogP contribution in [0.4, 0.5) is 0 Å². The van der Waals surface area contributed by atoms with E-state index in [9.17, 15) is 0 Å². The summed E-state index contributed by atoms with van der Waals surface area (Å²) in [5.41, 5.74) is 1.30. The van der Waals surface area contributed by atoms with Gasteiger partial charge in [-0.2, -0.15) is 0 Å². The summed E-state index contributed by atoms with van der Waals surface area (Å²) in [6.45, 7) is 3.66. The molecule has 1 aliphatic heterocycles. The van der Waals surface area contributed by atoms with Gasteiger partial charge in [0.15, 0.2) is 0 Å². The summed E-state index contributed by atoms with van der Waals surface area (Å²) >= 11 is 0. The van der Waals surface area contributed by atoms with E-state index < -0.39 is 0 Å². The summed E-state index contributed by atoms with van der Waals surface area (Å²) in [5.74, 6) is 0. The fraction of sp³-hybridized carbons (Fsp3) is 0.429. The molecular weight excluding hydrogens is 218 g/mol. The topological polar surface area (TPSA) is 3.24 Å². The van der Waals surface area contributed by atoms with Crippen molar-refractivity contribution in [2.24, 2.45) is 0 Å². The Kier molecular flexibility index (Phi) is 6.20. The van der Waals surface area contributed by atoms with Crippen molar-refractivity contribution in [2.75, 3.05) is 19.6 Å². The van der Waals surface area contributed by atoms with Gasteiger partial charge in [-0.25, -0.2) is 0 Å². The lowest BCUT2D eigenvalue weighted by molar-refractivity contribution is 0.252. The molecule has 0 N–H and O–H groups in total. The first-order valence-electron chi connectivity index (χ1n) is 5.89. The molecule has 0 atom stereocenters. The van der Waals surface area contributed by atoms with Crippen molar-refractivity contribution in [1.29, 1.82) is 0 Å². The minimum absolute atomic E-state index is 0. The summed E-state index contributed by atoms with van der Waals surface area (Å²) in [5, 5.41) is 0. The van der Waals surface area contributed by atoms with Gasteiger partial charge in [-0.3, -0.25) is 4.90 Å². The van der Waals surface area contributed by atoms with Crippen molar-refractivity contribution in [2.45, 2.75) is 19.3 Å². The largest absolute Gasteiger partial charge is 0.300 e. The van der Waals surface area contributed by atoms with E-state index in [1.807, 2.05) is 0 Å². The highest BCUT2D eigenvalue weighted by molar-refractivity contribution is 5.85. The van der Waals surface area contributed by atoms with Gasteiger partial charge in [-0.1, -0.05) is 48.9 Å². The number of nitrogens with zero attached hydrogens (tertiary/aromatic N) is 1. The number of hydrogen-bond acceptors (Lipinski definition) is 1. The van der Waals surface area contributed by atoms with Crippen molar-refractivity contribution >= 4 is 18.5 Å². The van der Waals surface area contributed by atoms with E-state index in [0.717, 1.165) is 6.54 Å². The van der Waals surface area contributed by atoms with Gasteiger partial charge in [-0.05, 0) is 31.5 Å². The fourth-order valence-electron chi connectivity index (χ4n) is 2.04. The van der Waals surface area contributed by atoms with Crippen molar-refractivity contribution in [3.63, 3.8) is 0 Å². The lowest BCUT2D eigenvalue weighted by Gasteiger charge is -2.24. The minimum atomic E-state index is 0. The molecule has 0 aromatic heterocycles. The molecule has 1 aromatic rings. The van der Waals surface area contributed by atoms with Gasteiger partial charge in [0.1, 0.15) is 0 Å². The SMILES string of the molecule is C(=C/c1ccccc1)/CN1CCCCC1.Cl. The van der Waals surface area contributed by atoms with Crippen molar-refractivity contribution in [1.82, 2.24) is 4.90 Å². The normalized spacial score (nSPS) is 17.2. The number of hydrogen-bond donors (Lipinski definition) is 0. The van der Waals surface area contributed by atoms with Gasteiger partial charge in [0.25, 0.3) is 0 Å². The maximum absolute atomic E-state index is 2.53. The van der Waals surface area contributed by atoms with Crippen LogP contribution >= 0.6 is 12.4 Å². The molecule has 1 heterocycles. The highest BCUT2D eigenvalue weighted by Crippen LogP contribution is 2.08. The average molecular weight is 238 g/mol. The Balaban J connectivity index is 0.00000128. The molecular formula is C14H20ClN. The second-order valence-electron chi connectivity index (χ2n) is 4.17. The molecule has 1 saturated heterocycles. The highest BCUT2D eigenvalue weighted by atomic mass is 35.5. The van der Waals surface area contributed by atoms with E-state index in [1.54, 1.807) is 0 Å². The van der Waals surface area contributed by atoms with E-state index in [4.69, 9.17) is 0 Å². The summed E-state index contributed by atoms with van der Waals surface area (Å²) in [6.07, 6.45) is 8.66. The molecule has 0 bridgehead atoms. The highest BCUT2D eigenvalue weighted by Gasteiger charge is 2.06. The Morgan fingerprint density at radius 3 is 2.38 bits per heavy atom. The van der Waals surface area contributed by atoms with Crippen LogP contribution in [0.1, 0.15) is 24.8 Å².